The van der Waals surface area contributed by atoms with E-state index in [1.807, 2.05) is 0 Å². The minimum absolute atomic E-state index is 0.0235. The molecular formula is C13H15ClFN3O. The van der Waals surface area contributed by atoms with Crippen LogP contribution in [0.4, 0.5) is 4.39 Å². The molecule has 4 nitrogen and oxygen atoms in total. The topological polar surface area (TPSA) is 64.9 Å². The molecule has 0 spiro atoms. The lowest BCUT2D eigenvalue weighted by atomic mass is 10.0. The fourth-order valence-corrected chi connectivity index (χ4v) is 1.93. The van der Waals surface area contributed by atoms with Gasteiger partial charge in [0.25, 0.3) is 0 Å². The van der Waals surface area contributed by atoms with Gasteiger partial charge in [-0.25, -0.2) is 4.39 Å². The van der Waals surface area contributed by atoms with Gasteiger partial charge in [0.05, 0.1) is 11.1 Å². The molecule has 1 aromatic carbocycles. The molecule has 0 unspecified atom stereocenters. The maximum atomic E-state index is 13.1. The predicted molar refractivity (Wildman–Crippen MR) is 71.1 cm³/mol. The first-order valence-corrected chi connectivity index (χ1v) is 6.39. The van der Waals surface area contributed by atoms with Gasteiger partial charge in [-0.1, -0.05) is 30.6 Å². The Kier molecular flexibility index (Phi) is 4.17. The molecule has 0 fully saturated rings. The SMILES string of the molecule is CC(C)C[C@@H](N)c1nc(-c2ccc(F)c(Cl)c2)no1. The zero-order chi connectivity index (χ0) is 14.0. The maximum absolute atomic E-state index is 13.1. The molecular weight excluding hydrogens is 269 g/mol. The van der Waals surface area contributed by atoms with Crippen LogP contribution in [0, 0.1) is 11.7 Å². The Labute approximate surface area is 115 Å². The quantitative estimate of drug-likeness (QED) is 0.931. The minimum Gasteiger partial charge on any atom is -0.337 e. The van der Waals surface area contributed by atoms with Crippen LogP contribution in [-0.2, 0) is 0 Å². The van der Waals surface area contributed by atoms with Crippen molar-refractivity contribution in [2.75, 3.05) is 0 Å². The number of nitrogens with zero attached hydrogens (tertiary/aromatic N) is 2. The van der Waals surface area contributed by atoms with Crippen LogP contribution in [0.1, 0.15) is 32.2 Å². The lowest BCUT2D eigenvalue weighted by molar-refractivity contribution is 0.335. The van der Waals surface area contributed by atoms with E-state index in [2.05, 4.69) is 24.0 Å². The fraction of sp³-hybridized carbons (Fsp3) is 0.385. The molecule has 0 radical (unpaired) electrons. The highest BCUT2D eigenvalue weighted by molar-refractivity contribution is 6.31. The summed E-state index contributed by atoms with van der Waals surface area (Å²) in [5, 5.41) is 3.86. The highest BCUT2D eigenvalue weighted by atomic mass is 35.5. The van der Waals surface area contributed by atoms with Gasteiger partial charge in [0.2, 0.25) is 11.7 Å². The van der Waals surface area contributed by atoms with Crippen molar-refractivity contribution in [2.45, 2.75) is 26.3 Å². The summed E-state index contributed by atoms with van der Waals surface area (Å²) in [5.41, 5.74) is 6.55. The minimum atomic E-state index is -0.481. The van der Waals surface area contributed by atoms with Crippen molar-refractivity contribution >= 4 is 11.6 Å². The van der Waals surface area contributed by atoms with Crippen molar-refractivity contribution in [3.8, 4) is 11.4 Å². The zero-order valence-electron chi connectivity index (χ0n) is 10.7. The first-order chi connectivity index (χ1) is 8.97. The van der Waals surface area contributed by atoms with E-state index in [9.17, 15) is 4.39 Å². The van der Waals surface area contributed by atoms with Crippen LogP contribution >= 0.6 is 11.6 Å². The Morgan fingerprint density at radius 2 is 2.16 bits per heavy atom. The van der Waals surface area contributed by atoms with Gasteiger partial charge < -0.3 is 10.3 Å². The summed E-state index contributed by atoms with van der Waals surface area (Å²) in [6.45, 7) is 4.13. The normalized spacial score (nSPS) is 12.9. The average Bonchev–Trinajstić information content (AvgIpc) is 2.81. The molecule has 0 bridgehead atoms. The van der Waals surface area contributed by atoms with Crippen molar-refractivity contribution in [2.24, 2.45) is 11.7 Å². The molecule has 1 aromatic heterocycles. The lowest BCUT2D eigenvalue weighted by Gasteiger charge is -2.08. The van der Waals surface area contributed by atoms with Gasteiger partial charge in [0, 0.05) is 5.56 Å². The number of aromatic nitrogens is 2. The second kappa shape index (κ2) is 5.67. The summed E-state index contributed by atoms with van der Waals surface area (Å²) in [6.07, 6.45) is 0.756. The third-order valence-corrected chi connectivity index (χ3v) is 2.95. The van der Waals surface area contributed by atoms with Crippen LogP contribution in [0.5, 0.6) is 0 Å². The summed E-state index contributed by atoms with van der Waals surface area (Å²) < 4.78 is 18.2. The summed E-state index contributed by atoms with van der Waals surface area (Å²) in [4.78, 5) is 4.22. The van der Waals surface area contributed by atoms with Crippen LogP contribution in [0.25, 0.3) is 11.4 Å². The van der Waals surface area contributed by atoms with Crippen LogP contribution in [0.2, 0.25) is 5.02 Å². The average molecular weight is 284 g/mol. The third-order valence-electron chi connectivity index (χ3n) is 2.66. The first kappa shape index (κ1) is 14.0. The Bertz CT molecular complexity index is 571. The molecule has 1 heterocycles. The van der Waals surface area contributed by atoms with E-state index in [1.165, 1.54) is 12.1 Å². The Hall–Kier alpha value is -1.46. The second-order valence-corrected chi connectivity index (χ2v) is 5.23. The van der Waals surface area contributed by atoms with Gasteiger partial charge in [0.1, 0.15) is 5.82 Å². The van der Waals surface area contributed by atoms with Crippen molar-refractivity contribution in [1.29, 1.82) is 0 Å². The molecule has 0 amide bonds. The van der Waals surface area contributed by atoms with Gasteiger partial charge in [-0.05, 0) is 30.5 Å². The highest BCUT2D eigenvalue weighted by Crippen LogP contribution is 2.24. The van der Waals surface area contributed by atoms with Gasteiger partial charge in [-0.3, -0.25) is 0 Å². The van der Waals surface area contributed by atoms with E-state index >= 15 is 0 Å². The number of hydrogen-bond donors (Lipinski definition) is 1. The Morgan fingerprint density at radius 3 is 2.79 bits per heavy atom. The Balaban J connectivity index is 2.22. The van der Waals surface area contributed by atoms with Gasteiger partial charge in [-0.15, -0.1) is 0 Å². The van der Waals surface area contributed by atoms with Crippen LogP contribution in [0.3, 0.4) is 0 Å². The molecule has 0 aliphatic carbocycles. The molecule has 6 heteroatoms. The van der Waals surface area contributed by atoms with Crippen molar-refractivity contribution < 1.29 is 8.91 Å². The molecule has 1 atom stereocenters. The van der Waals surface area contributed by atoms with E-state index in [-0.39, 0.29) is 11.1 Å². The number of hydrogen-bond acceptors (Lipinski definition) is 4. The second-order valence-electron chi connectivity index (χ2n) is 4.82. The summed E-state index contributed by atoms with van der Waals surface area (Å²) in [5.74, 6) is 0.691. The first-order valence-electron chi connectivity index (χ1n) is 6.02. The molecule has 2 aromatic rings. The summed E-state index contributed by atoms with van der Waals surface area (Å²) in [7, 11) is 0. The van der Waals surface area contributed by atoms with Crippen LogP contribution in [-0.4, -0.2) is 10.1 Å². The van der Waals surface area contributed by atoms with E-state index in [0.29, 0.717) is 23.2 Å². The fourth-order valence-electron chi connectivity index (χ4n) is 1.75. The highest BCUT2D eigenvalue weighted by Gasteiger charge is 2.17. The number of nitrogens with two attached hydrogens (primary N) is 1. The maximum Gasteiger partial charge on any atom is 0.243 e. The molecule has 0 saturated carbocycles. The predicted octanol–water partition coefficient (Wildman–Crippen LogP) is 3.58. The monoisotopic (exact) mass is 283 g/mol. The lowest BCUT2D eigenvalue weighted by Crippen LogP contribution is -2.13. The van der Waals surface area contributed by atoms with Gasteiger partial charge >= 0.3 is 0 Å². The molecule has 2 rings (SSSR count). The molecule has 2 N–H and O–H groups in total. The van der Waals surface area contributed by atoms with E-state index in [0.717, 1.165) is 6.42 Å². The number of rotatable bonds is 4. The molecule has 0 saturated heterocycles. The van der Waals surface area contributed by atoms with E-state index in [4.69, 9.17) is 21.9 Å². The Morgan fingerprint density at radius 1 is 1.42 bits per heavy atom. The third kappa shape index (κ3) is 3.30. The molecule has 19 heavy (non-hydrogen) atoms. The van der Waals surface area contributed by atoms with E-state index < -0.39 is 5.82 Å². The van der Waals surface area contributed by atoms with E-state index in [1.54, 1.807) is 6.07 Å². The van der Waals surface area contributed by atoms with Gasteiger partial charge in [0.15, 0.2) is 0 Å². The standard InChI is InChI=1S/C13H15ClFN3O/c1-7(2)5-11(16)13-17-12(18-19-13)8-3-4-10(15)9(14)6-8/h3-4,6-7,11H,5,16H2,1-2H3/t11-/m1/s1. The smallest absolute Gasteiger partial charge is 0.243 e. The summed E-state index contributed by atoms with van der Waals surface area (Å²) >= 11 is 5.72. The van der Waals surface area contributed by atoms with Crippen LogP contribution in [0.15, 0.2) is 22.7 Å². The molecule has 102 valence electrons. The van der Waals surface area contributed by atoms with Crippen molar-refractivity contribution in [3.05, 3.63) is 34.9 Å². The van der Waals surface area contributed by atoms with Crippen LogP contribution < -0.4 is 5.73 Å². The summed E-state index contributed by atoms with van der Waals surface area (Å²) in [6, 6.07) is 3.97. The molecule has 0 aliphatic rings. The van der Waals surface area contributed by atoms with Crippen molar-refractivity contribution in [1.82, 2.24) is 10.1 Å². The van der Waals surface area contributed by atoms with Crippen molar-refractivity contribution in [3.63, 3.8) is 0 Å². The number of benzene rings is 1. The number of halogens is 2. The zero-order valence-corrected chi connectivity index (χ0v) is 11.5. The van der Waals surface area contributed by atoms with Gasteiger partial charge in [-0.2, -0.15) is 4.98 Å². The molecule has 0 aliphatic heterocycles. The largest absolute Gasteiger partial charge is 0.337 e.